The maximum Gasteiger partial charge on any atom is 0.159 e. The molecule has 0 saturated carbocycles. The molecule has 1 saturated heterocycles. The SMILES string of the molecule is C[C@@H]1C(=O)C=C2[C@H]1CN(C)C[C@@H]2C. The number of carbonyl (C=O) groups excluding carboxylic acids is 1. The van der Waals surface area contributed by atoms with E-state index in [1.54, 1.807) is 0 Å². The van der Waals surface area contributed by atoms with E-state index in [0.29, 0.717) is 17.6 Å². The fourth-order valence-electron chi connectivity index (χ4n) is 2.64. The number of rotatable bonds is 0. The maximum absolute atomic E-state index is 11.5. The lowest BCUT2D eigenvalue weighted by Gasteiger charge is -2.35. The number of fused-ring (bicyclic) bond motifs is 1. The molecule has 1 aliphatic heterocycles. The summed E-state index contributed by atoms with van der Waals surface area (Å²) in [6.45, 7) is 6.44. The molecule has 1 aliphatic carbocycles. The molecule has 0 bridgehead atoms. The van der Waals surface area contributed by atoms with Crippen molar-refractivity contribution in [3.05, 3.63) is 11.6 Å². The molecule has 0 N–H and O–H groups in total. The van der Waals surface area contributed by atoms with Gasteiger partial charge in [0.15, 0.2) is 5.78 Å². The van der Waals surface area contributed by atoms with Gasteiger partial charge in [-0.3, -0.25) is 4.79 Å². The van der Waals surface area contributed by atoms with Gasteiger partial charge in [-0.05, 0) is 19.0 Å². The summed E-state index contributed by atoms with van der Waals surface area (Å²) >= 11 is 0. The van der Waals surface area contributed by atoms with E-state index in [2.05, 4.69) is 25.8 Å². The topological polar surface area (TPSA) is 20.3 Å². The molecular weight excluding hydrogens is 162 g/mol. The van der Waals surface area contributed by atoms with Crippen molar-refractivity contribution in [2.24, 2.45) is 17.8 Å². The van der Waals surface area contributed by atoms with Crippen molar-refractivity contribution in [3.8, 4) is 0 Å². The molecule has 0 radical (unpaired) electrons. The van der Waals surface area contributed by atoms with Crippen LogP contribution >= 0.6 is 0 Å². The highest BCUT2D eigenvalue weighted by molar-refractivity contribution is 5.95. The average Bonchev–Trinajstić information content (AvgIpc) is 2.32. The van der Waals surface area contributed by atoms with Gasteiger partial charge in [-0.2, -0.15) is 0 Å². The van der Waals surface area contributed by atoms with Gasteiger partial charge in [0.05, 0.1) is 0 Å². The Bertz CT molecular complexity index is 269. The number of nitrogens with zero attached hydrogens (tertiary/aromatic N) is 1. The van der Waals surface area contributed by atoms with Crippen LogP contribution in [0.1, 0.15) is 13.8 Å². The van der Waals surface area contributed by atoms with Gasteiger partial charge in [0.1, 0.15) is 0 Å². The number of likely N-dealkylation sites (tertiary alicyclic amines) is 1. The van der Waals surface area contributed by atoms with Crippen LogP contribution in [0.4, 0.5) is 0 Å². The Labute approximate surface area is 79.6 Å². The van der Waals surface area contributed by atoms with Gasteiger partial charge in [0.25, 0.3) is 0 Å². The summed E-state index contributed by atoms with van der Waals surface area (Å²) in [5, 5.41) is 0. The van der Waals surface area contributed by atoms with Crippen LogP contribution in [0.3, 0.4) is 0 Å². The Morgan fingerprint density at radius 3 is 2.77 bits per heavy atom. The zero-order chi connectivity index (χ0) is 9.59. The minimum atomic E-state index is 0.222. The van der Waals surface area contributed by atoms with E-state index in [0.717, 1.165) is 13.1 Å². The van der Waals surface area contributed by atoms with Gasteiger partial charge in [0.2, 0.25) is 0 Å². The molecule has 72 valence electrons. The van der Waals surface area contributed by atoms with Crippen LogP contribution in [-0.2, 0) is 4.79 Å². The van der Waals surface area contributed by atoms with Gasteiger partial charge >= 0.3 is 0 Å². The Morgan fingerprint density at radius 2 is 2.08 bits per heavy atom. The lowest BCUT2D eigenvalue weighted by Crippen LogP contribution is -2.39. The van der Waals surface area contributed by atoms with E-state index in [1.807, 2.05) is 6.08 Å². The van der Waals surface area contributed by atoms with Crippen molar-refractivity contribution in [2.45, 2.75) is 13.8 Å². The number of ketones is 1. The van der Waals surface area contributed by atoms with E-state index in [4.69, 9.17) is 0 Å². The van der Waals surface area contributed by atoms with Gasteiger partial charge < -0.3 is 4.90 Å². The maximum atomic E-state index is 11.5. The monoisotopic (exact) mass is 179 g/mol. The molecule has 0 aromatic rings. The zero-order valence-electron chi connectivity index (χ0n) is 8.58. The standard InChI is InChI=1S/C11H17NO/c1-7-5-12(3)6-10-8(2)11(13)4-9(7)10/h4,7-8,10H,5-6H2,1-3H3/t7-,8-,10-/m0/s1. The molecular formula is C11H17NO. The summed E-state index contributed by atoms with van der Waals surface area (Å²) in [6.07, 6.45) is 1.90. The number of hydrogen-bond acceptors (Lipinski definition) is 2. The quantitative estimate of drug-likeness (QED) is 0.559. The zero-order valence-corrected chi connectivity index (χ0v) is 8.58. The second kappa shape index (κ2) is 2.95. The first-order valence-electron chi connectivity index (χ1n) is 5.03. The third kappa shape index (κ3) is 1.33. The van der Waals surface area contributed by atoms with E-state index in [9.17, 15) is 4.79 Å². The van der Waals surface area contributed by atoms with Crippen molar-refractivity contribution >= 4 is 5.78 Å². The first kappa shape index (κ1) is 8.95. The van der Waals surface area contributed by atoms with Crippen LogP contribution in [0.15, 0.2) is 11.6 Å². The summed E-state index contributed by atoms with van der Waals surface area (Å²) < 4.78 is 0. The largest absolute Gasteiger partial charge is 0.305 e. The van der Waals surface area contributed by atoms with E-state index >= 15 is 0 Å². The first-order valence-corrected chi connectivity index (χ1v) is 5.03. The summed E-state index contributed by atoms with van der Waals surface area (Å²) in [4.78, 5) is 13.8. The van der Waals surface area contributed by atoms with Crippen LogP contribution in [0.2, 0.25) is 0 Å². The number of hydrogen-bond donors (Lipinski definition) is 0. The molecule has 1 fully saturated rings. The normalized spacial score (nSPS) is 40.4. The first-order chi connectivity index (χ1) is 6.09. The summed E-state index contributed by atoms with van der Waals surface area (Å²) in [7, 11) is 2.14. The van der Waals surface area contributed by atoms with E-state index in [1.165, 1.54) is 5.57 Å². The molecule has 3 atom stereocenters. The minimum absolute atomic E-state index is 0.222. The molecule has 2 rings (SSSR count). The average molecular weight is 179 g/mol. The van der Waals surface area contributed by atoms with Gasteiger partial charge in [0, 0.05) is 24.9 Å². The summed E-state index contributed by atoms with van der Waals surface area (Å²) in [6, 6.07) is 0. The highest BCUT2D eigenvalue weighted by Gasteiger charge is 2.38. The van der Waals surface area contributed by atoms with Crippen molar-refractivity contribution in [1.82, 2.24) is 4.90 Å². The van der Waals surface area contributed by atoms with Gasteiger partial charge in [-0.25, -0.2) is 0 Å². The molecule has 0 aromatic heterocycles. The van der Waals surface area contributed by atoms with Crippen molar-refractivity contribution in [3.63, 3.8) is 0 Å². The third-order valence-corrected chi connectivity index (χ3v) is 3.45. The van der Waals surface area contributed by atoms with Crippen LogP contribution < -0.4 is 0 Å². The Hall–Kier alpha value is -0.630. The van der Waals surface area contributed by atoms with Crippen LogP contribution in [-0.4, -0.2) is 30.8 Å². The fourth-order valence-corrected chi connectivity index (χ4v) is 2.64. The molecule has 0 amide bonds. The highest BCUT2D eigenvalue weighted by Crippen LogP contribution is 2.37. The van der Waals surface area contributed by atoms with Crippen LogP contribution in [0.25, 0.3) is 0 Å². The molecule has 13 heavy (non-hydrogen) atoms. The van der Waals surface area contributed by atoms with E-state index < -0.39 is 0 Å². The number of piperidine rings is 1. The molecule has 0 aromatic carbocycles. The fraction of sp³-hybridized carbons (Fsp3) is 0.727. The van der Waals surface area contributed by atoms with Crippen LogP contribution in [0, 0.1) is 17.8 Å². The van der Waals surface area contributed by atoms with Crippen molar-refractivity contribution in [1.29, 1.82) is 0 Å². The molecule has 0 spiro atoms. The smallest absolute Gasteiger partial charge is 0.159 e. The molecule has 2 heteroatoms. The molecule has 2 aliphatic rings. The summed E-state index contributed by atoms with van der Waals surface area (Å²) in [5.41, 5.74) is 1.40. The minimum Gasteiger partial charge on any atom is -0.305 e. The molecule has 2 nitrogen and oxygen atoms in total. The highest BCUT2D eigenvalue weighted by atomic mass is 16.1. The lowest BCUT2D eigenvalue weighted by molar-refractivity contribution is -0.117. The number of carbonyl (C=O) groups is 1. The van der Waals surface area contributed by atoms with Crippen molar-refractivity contribution in [2.75, 3.05) is 20.1 Å². The second-order valence-electron chi connectivity index (χ2n) is 4.56. The Balaban J connectivity index is 2.26. The van der Waals surface area contributed by atoms with Gasteiger partial charge in [-0.1, -0.05) is 19.4 Å². The summed E-state index contributed by atoms with van der Waals surface area (Å²) in [5.74, 6) is 1.63. The predicted octanol–water partition coefficient (Wildman–Crippen LogP) is 1.33. The Morgan fingerprint density at radius 1 is 1.38 bits per heavy atom. The molecule has 0 unspecified atom stereocenters. The predicted molar refractivity (Wildman–Crippen MR) is 52.4 cm³/mol. The van der Waals surface area contributed by atoms with E-state index in [-0.39, 0.29) is 5.92 Å². The van der Waals surface area contributed by atoms with Gasteiger partial charge in [-0.15, -0.1) is 0 Å². The second-order valence-corrected chi connectivity index (χ2v) is 4.56. The number of allylic oxidation sites excluding steroid dienone is 1. The van der Waals surface area contributed by atoms with Crippen LogP contribution in [0.5, 0.6) is 0 Å². The molecule has 1 heterocycles. The Kier molecular flexibility index (Phi) is 2.03. The van der Waals surface area contributed by atoms with Crippen molar-refractivity contribution < 1.29 is 4.79 Å². The third-order valence-electron chi connectivity index (χ3n) is 3.45. The lowest BCUT2D eigenvalue weighted by atomic mass is 9.82.